The fourth-order valence-electron chi connectivity index (χ4n) is 19.8. The molecule has 1 saturated heterocycles. The third-order valence-electron chi connectivity index (χ3n) is 29.1. The van der Waals surface area contributed by atoms with Crippen molar-refractivity contribution in [2.24, 2.45) is 75.9 Å². The maximum Gasteiger partial charge on any atom is 0.458 e. The standard InChI is InChI=1S/C25H33NO5S.C25H35NO4S.C23H29N3O4S.C22H31NO4S.C19H22F3NO3S/c1-16-3-5-17(6-4-16)23(28)26(18-7-9-19(27)10-8-18)21-13-20(32-22(21)24(29)30)11-12-25(2)14-31-15-25;1-4-16(2)7-14-21-15-22(23(31-21)25(29)30)26(19-10-12-20(27)13-11-19)24(28)18-8-5-17(3)6-9-18;1-14-6-8-16(9-7-14)21(27)26(13-19-25-24-15(2)30-19)18-12-17(10-11-23(3,4)5)31-20(18)22(28)29;1-14(2)23(20(24)16-9-7-15(3)8-10-16)18-13-17(28-19(18)21(25)26)11-12-22(4,5)27-6;1-11(2)23(17(24)13-6-4-12(3)5-7-13)15-10-14(8-9-19(20,21)22)27-16(15)18(25)26/h13,16-19,27H,3-10,14-15H2,1-2H3,(H,29,30);15-20,27H,4-6,8-13H2,1-3H3,(H,29,30);12,14,16H,6-9,13H2,1-5H3,(H,28,29);13-16H,7-10H2,1-6H3,(H,25,26);10-13H,4-7H2,1-3H3,(H,25,26). The van der Waals surface area contributed by atoms with Gasteiger partial charge >= 0.3 is 36.0 Å². The van der Waals surface area contributed by atoms with Crippen molar-refractivity contribution >= 4 is 145 Å². The van der Waals surface area contributed by atoms with Crippen molar-refractivity contribution in [3.63, 3.8) is 0 Å². The van der Waals surface area contributed by atoms with Crippen LogP contribution in [-0.2, 0) is 40.0 Å². The summed E-state index contributed by atoms with van der Waals surface area (Å²) in [6, 6.07) is 7.68. The highest BCUT2D eigenvalue weighted by Gasteiger charge is 2.44. The van der Waals surface area contributed by atoms with E-state index in [1.54, 1.807) is 66.8 Å². The van der Waals surface area contributed by atoms with Crippen LogP contribution in [0.1, 0.15) is 388 Å². The maximum atomic E-state index is 13.8. The number of rotatable bonds is 23. The Kier molecular flexibility index (Phi) is 44.0. The van der Waals surface area contributed by atoms with Gasteiger partial charge in [-0.15, -0.1) is 66.9 Å². The lowest BCUT2D eigenvalue weighted by Crippen LogP contribution is -2.47. The lowest BCUT2D eigenvalue weighted by Gasteiger charge is -2.38. The molecule has 7 saturated carbocycles. The average molecular weight is 2160 g/mol. The number of carboxylic acids is 5. The van der Waals surface area contributed by atoms with Crippen molar-refractivity contribution < 1.29 is 111 Å². The summed E-state index contributed by atoms with van der Waals surface area (Å²) in [5, 5.41) is 76.7. The van der Waals surface area contributed by atoms with E-state index in [0.717, 1.165) is 186 Å². The topological polar surface area (TPSA) is 386 Å². The van der Waals surface area contributed by atoms with Crippen LogP contribution < -0.4 is 24.5 Å². The summed E-state index contributed by atoms with van der Waals surface area (Å²) < 4.78 is 53.1. The molecule has 1 aliphatic heterocycles. The maximum absolute atomic E-state index is 13.8. The summed E-state index contributed by atoms with van der Waals surface area (Å²) >= 11 is 5.14. The fourth-order valence-corrected chi connectivity index (χ4v) is 24.0. The first kappa shape index (κ1) is 121. The highest BCUT2D eigenvalue weighted by atomic mass is 32.1. The molecule has 7 aliphatic carbocycles. The van der Waals surface area contributed by atoms with Crippen LogP contribution in [0.4, 0.5) is 41.6 Å². The van der Waals surface area contributed by atoms with Crippen LogP contribution in [-0.4, -0.2) is 174 Å². The molecular weight excluding hydrogens is 2000 g/mol. The number of alkyl halides is 3. The number of aryl methyl sites for hydroxylation is 1. The Morgan fingerprint density at radius 1 is 0.430 bits per heavy atom. The fraction of sp³-hybridized carbons (Fsp3) is 0.632. The molecule has 7 heterocycles. The number of thiophene rings is 5. The molecule has 7 N–H and O–H groups in total. The number of amides is 5. The van der Waals surface area contributed by atoms with Gasteiger partial charge in [0.05, 0.1) is 83.7 Å². The summed E-state index contributed by atoms with van der Waals surface area (Å²) in [6.45, 7) is 37.1. The van der Waals surface area contributed by atoms with Crippen molar-refractivity contribution in [3.8, 4) is 59.2 Å². The summed E-state index contributed by atoms with van der Waals surface area (Å²) in [5.41, 5.74) is 0.857. The SMILES string of the molecule is CC1CCC(C(=O)N(c2cc(C#CC(F)(F)F)sc2C(=O)O)C(C)C)CC1.CC1CCC(C(=O)N(c2cc(C#CC3(C)COC3)sc2C(=O)O)C2CCC(O)CC2)CC1.CCC(C)C#Cc1cc(N(C(=O)C2CCC(C)CC2)C2CCC(O)CC2)c(C(=O)O)s1.COC(C)(C)C#Cc1cc(N(C(=O)C2CCC(C)CC2)C(C)C)c(C(=O)O)s1.Cc1nnc(CN(C(=O)C2CCC(C)CC2)c2cc(C#CC(C)(C)C)sc2C(=O)O)o1. The summed E-state index contributed by atoms with van der Waals surface area (Å²) in [5.74, 6) is 25.9. The number of anilines is 5. The highest BCUT2D eigenvalue weighted by Crippen LogP contribution is 2.46. The number of aromatic carboxylic acids is 5. The molecule has 8 fully saturated rings. The van der Waals surface area contributed by atoms with Crippen molar-refractivity contribution in [2.75, 3.05) is 44.8 Å². The normalized spacial score (nSPS) is 23.2. The monoisotopic (exact) mass is 2150 g/mol. The van der Waals surface area contributed by atoms with E-state index >= 15 is 0 Å². The lowest BCUT2D eigenvalue weighted by molar-refractivity contribution is -0.125. The van der Waals surface area contributed by atoms with E-state index in [1.807, 2.05) is 68.2 Å². The molecule has 6 aromatic heterocycles. The van der Waals surface area contributed by atoms with Crippen LogP contribution in [0.2, 0.25) is 0 Å². The molecule has 27 nitrogen and oxygen atoms in total. The first-order valence-electron chi connectivity index (χ1n) is 52.6. The average Bonchev–Trinajstić information content (AvgIpc) is 1.66. The van der Waals surface area contributed by atoms with Gasteiger partial charge in [0.2, 0.25) is 41.3 Å². The van der Waals surface area contributed by atoms with Crippen LogP contribution >= 0.6 is 56.7 Å². The minimum atomic E-state index is -4.67. The van der Waals surface area contributed by atoms with Crippen molar-refractivity contribution in [1.82, 2.24) is 10.2 Å². The molecule has 0 aromatic carbocycles. The number of hydrogen-bond acceptors (Lipinski definition) is 22. The lowest BCUT2D eigenvalue weighted by atomic mass is 9.81. The molecule has 0 radical (unpaired) electrons. The second kappa shape index (κ2) is 54.3. The predicted molar refractivity (Wildman–Crippen MR) is 578 cm³/mol. The van der Waals surface area contributed by atoms with Gasteiger partial charge in [-0.3, -0.25) is 24.0 Å². The van der Waals surface area contributed by atoms with Crippen LogP contribution in [0.5, 0.6) is 0 Å². The van der Waals surface area contributed by atoms with Gasteiger partial charge < -0.3 is 74.1 Å². The summed E-state index contributed by atoms with van der Waals surface area (Å²) in [4.78, 5) is 138. The van der Waals surface area contributed by atoms with Gasteiger partial charge in [-0.05, 0) is 321 Å². The molecule has 8 aliphatic rings. The minimum Gasteiger partial charge on any atom is -0.477 e. The Hall–Kier alpha value is -10.2. The first-order chi connectivity index (χ1) is 70.1. The molecule has 5 amide bonds. The number of hydrogen-bond donors (Lipinski definition) is 7. The molecule has 0 spiro atoms. The van der Waals surface area contributed by atoms with Gasteiger partial charge in [0.25, 0.3) is 0 Å². The van der Waals surface area contributed by atoms with E-state index in [2.05, 4.69) is 99.1 Å². The Morgan fingerprint density at radius 3 is 1.05 bits per heavy atom. The number of aromatic nitrogens is 2. The number of aliphatic hydroxyl groups excluding tert-OH is 2. The summed E-state index contributed by atoms with van der Waals surface area (Å²) in [7, 11) is 1.58. The van der Waals surface area contributed by atoms with Gasteiger partial charge in [-0.25, -0.2) is 24.0 Å². The number of aliphatic hydroxyl groups is 2. The van der Waals surface area contributed by atoms with Crippen molar-refractivity contribution in [2.45, 2.75) is 366 Å². The van der Waals surface area contributed by atoms with Crippen molar-refractivity contribution in [1.29, 1.82) is 0 Å². The molecule has 1 atom stereocenters. The Labute approximate surface area is 895 Å². The zero-order valence-electron chi connectivity index (χ0n) is 89.6. The van der Waals surface area contributed by atoms with E-state index in [0.29, 0.717) is 154 Å². The number of carboxylic acid groups (broad SMARTS) is 5. The molecule has 35 heteroatoms. The van der Waals surface area contributed by atoms with E-state index in [4.69, 9.17) is 13.9 Å². The molecule has 6 aromatic rings. The van der Waals surface area contributed by atoms with Gasteiger partial charge in [0.1, 0.15) is 36.5 Å². The number of carbonyl (C=O) groups excluding carboxylic acids is 5. The molecule has 14 rings (SSSR count). The largest absolute Gasteiger partial charge is 0.477 e. The second-order valence-electron chi connectivity index (χ2n) is 44.1. The highest BCUT2D eigenvalue weighted by molar-refractivity contribution is 7.16. The van der Waals surface area contributed by atoms with Crippen LogP contribution in [0.25, 0.3) is 0 Å². The molecule has 149 heavy (non-hydrogen) atoms. The molecule has 1 unspecified atom stereocenters. The quantitative estimate of drug-likeness (QED) is 0.0293. The minimum absolute atomic E-state index is 0.0268. The first-order valence-corrected chi connectivity index (χ1v) is 56.7. The predicted octanol–water partition coefficient (Wildman–Crippen LogP) is 24.2. The van der Waals surface area contributed by atoms with E-state index in [9.17, 15) is 96.9 Å². The van der Waals surface area contributed by atoms with Crippen LogP contribution in [0.3, 0.4) is 0 Å². The Balaban J connectivity index is 0.000000191. The zero-order chi connectivity index (χ0) is 110. The molecular formula is C114H150F3N7O20S5. The Morgan fingerprint density at radius 2 is 0.738 bits per heavy atom. The van der Waals surface area contributed by atoms with Crippen LogP contribution in [0, 0.1) is 142 Å². The van der Waals surface area contributed by atoms with E-state index in [1.165, 1.54) is 15.9 Å². The zero-order valence-corrected chi connectivity index (χ0v) is 93.7. The van der Waals surface area contributed by atoms with Gasteiger partial charge in [0.15, 0.2) is 0 Å². The summed E-state index contributed by atoms with van der Waals surface area (Å²) in [6.07, 6.45) is 19.2. The van der Waals surface area contributed by atoms with Crippen LogP contribution in [0.15, 0.2) is 34.7 Å². The number of nitrogens with zero attached hydrogens (tertiary/aromatic N) is 7. The third-order valence-corrected chi connectivity index (χ3v) is 34.3. The van der Waals surface area contributed by atoms with Gasteiger partial charge in [-0.2, -0.15) is 13.2 Å². The second-order valence-corrected chi connectivity index (χ2v) is 49.4. The molecule has 812 valence electrons. The van der Waals surface area contributed by atoms with Gasteiger partial charge in [-0.1, -0.05) is 95.8 Å². The molecule has 0 bridgehead atoms. The third kappa shape index (κ3) is 34.6. The van der Waals surface area contributed by atoms with E-state index < -0.39 is 41.6 Å². The number of methoxy groups -OCH3 is 1. The number of carbonyl (C=O) groups is 10. The van der Waals surface area contributed by atoms with Crippen molar-refractivity contribution in [3.05, 3.63) is 90.9 Å². The smallest absolute Gasteiger partial charge is 0.458 e. The van der Waals surface area contributed by atoms with Gasteiger partial charge in [0, 0.05) is 85.0 Å². The Bertz CT molecular complexity index is 5970. The van der Waals surface area contributed by atoms with E-state index in [-0.39, 0.29) is 160 Å². The number of halogens is 3. The number of ether oxygens (including phenoxy) is 2.